The van der Waals surface area contributed by atoms with E-state index in [1.807, 2.05) is 49.1 Å². The molecule has 1 aliphatic rings. The lowest BCUT2D eigenvalue weighted by molar-refractivity contribution is -0.134. The highest BCUT2D eigenvalue weighted by atomic mass is 16.2. The molecule has 1 aromatic rings. The van der Waals surface area contributed by atoms with Crippen molar-refractivity contribution in [2.75, 3.05) is 6.54 Å². The van der Waals surface area contributed by atoms with Crippen molar-refractivity contribution in [3.05, 3.63) is 35.9 Å². The van der Waals surface area contributed by atoms with Crippen molar-refractivity contribution in [1.82, 2.24) is 10.2 Å². The molecule has 1 aliphatic heterocycles. The van der Waals surface area contributed by atoms with E-state index in [0.29, 0.717) is 19.4 Å². The van der Waals surface area contributed by atoms with Crippen molar-refractivity contribution in [1.29, 1.82) is 0 Å². The Hall–Kier alpha value is -1.84. The Morgan fingerprint density at radius 3 is 2.60 bits per heavy atom. The molecule has 0 radical (unpaired) electrons. The van der Waals surface area contributed by atoms with Crippen molar-refractivity contribution < 1.29 is 9.59 Å². The first-order valence-electron chi connectivity index (χ1n) is 7.25. The highest BCUT2D eigenvalue weighted by molar-refractivity contribution is 5.90. The van der Waals surface area contributed by atoms with Crippen LogP contribution in [0.15, 0.2) is 30.3 Å². The molecular weight excluding hydrogens is 252 g/mol. The molecule has 4 heteroatoms. The lowest BCUT2D eigenvalue weighted by Gasteiger charge is -2.28. The van der Waals surface area contributed by atoms with Crippen LogP contribution in [0.1, 0.15) is 32.3 Å². The van der Waals surface area contributed by atoms with E-state index >= 15 is 0 Å². The third-order valence-corrected chi connectivity index (χ3v) is 3.68. The topological polar surface area (TPSA) is 49.4 Å². The van der Waals surface area contributed by atoms with Gasteiger partial charge in [0.15, 0.2) is 0 Å². The summed E-state index contributed by atoms with van der Waals surface area (Å²) >= 11 is 0. The van der Waals surface area contributed by atoms with E-state index in [1.54, 1.807) is 0 Å². The van der Waals surface area contributed by atoms with Crippen molar-refractivity contribution in [2.45, 2.75) is 45.2 Å². The summed E-state index contributed by atoms with van der Waals surface area (Å²) < 4.78 is 0. The molecule has 0 aromatic heterocycles. The van der Waals surface area contributed by atoms with Gasteiger partial charge in [0.05, 0.1) is 0 Å². The van der Waals surface area contributed by atoms with E-state index < -0.39 is 6.04 Å². The minimum Gasteiger partial charge on any atom is -0.344 e. The molecule has 2 amide bonds. The standard InChI is InChI=1S/C16H22N2O2/c1-3-9-18-12(2)10-15(19)17-14(16(18)20)11-13-7-5-4-6-8-13/h4-8,12,14H,3,9-11H2,1-2H3,(H,17,19). The van der Waals surface area contributed by atoms with Gasteiger partial charge in [-0.3, -0.25) is 9.59 Å². The van der Waals surface area contributed by atoms with Gasteiger partial charge in [0.1, 0.15) is 6.04 Å². The van der Waals surface area contributed by atoms with Gasteiger partial charge in [-0.25, -0.2) is 0 Å². The normalized spacial score (nSPS) is 23.4. The van der Waals surface area contributed by atoms with Gasteiger partial charge < -0.3 is 10.2 Å². The molecular formula is C16H22N2O2. The van der Waals surface area contributed by atoms with E-state index in [2.05, 4.69) is 5.32 Å². The second kappa shape index (κ2) is 6.55. The third-order valence-electron chi connectivity index (χ3n) is 3.68. The van der Waals surface area contributed by atoms with Crippen LogP contribution in [-0.2, 0) is 16.0 Å². The minimum absolute atomic E-state index is 0.0248. The number of carbonyl (C=O) groups excluding carboxylic acids is 2. The van der Waals surface area contributed by atoms with Gasteiger partial charge in [-0.15, -0.1) is 0 Å². The van der Waals surface area contributed by atoms with Crippen molar-refractivity contribution in [3.63, 3.8) is 0 Å². The summed E-state index contributed by atoms with van der Waals surface area (Å²) in [7, 11) is 0. The summed E-state index contributed by atoms with van der Waals surface area (Å²) in [6, 6.07) is 9.35. The molecule has 0 aliphatic carbocycles. The van der Waals surface area contributed by atoms with Crippen molar-refractivity contribution >= 4 is 11.8 Å². The molecule has 2 atom stereocenters. The van der Waals surface area contributed by atoms with Gasteiger partial charge in [0.25, 0.3) is 0 Å². The second-order valence-electron chi connectivity index (χ2n) is 5.39. The quantitative estimate of drug-likeness (QED) is 0.909. The summed E-state index contributed by atoms with van der Waals surface area (Å²) in [6.07, 6.45) is 1.84. The van der Waals surface area contributed by atoms with Gasteiger partial charge >= 0.3 is 0 Å². The fourth-order valence-corrected chi connectivity index (χ4v) is 2.67. The van der Waals surface area contributed by atoms with Crippen LogP contribution >= 0.6 is 0 Å². The molecule has 20 heavy (non-hydrogen) atoms. The molecule has 0 saturated carbocycles. The number of nitrogens with one attached hydrogen (secondary N) is 1. The Morgan fingerprint density at radius 2 is 1.95 bits per heavy atom. The largest absolute Gasteiger partial charge is 0.344 e. The average Bonchev–Trinajstić information content (AvgIpc) is 2.52. The van der Waals surface area contributed by atoms with Crippen LogP contribution in [0.5, 0.6) is 0 Å². The van der Waals surface area contributed by atoms with Crippen LogP contribution in [0.4, 0.5) is 0 Å². The highest BCUT2D eigenvalue weighted by Crippen LogP contribution is 2.15. The molecule has 1 saturated heterocycles. The summed E-state index contributed by atoms with van der Waals surface area (Å²) in [5, 5.41) is 2.87. The molecule has 1 aromatic carbocycles. The molecule has 1 heterocycles. The molecule has 2 unspecified atom stereocenters. The molecule has 0 bridgehead atoms. The molecule has 1 N–H and O–H groups in total. The summed E-state index contributed by atoms with van der Waals surface area (Å²) in [6.45, 7) is 4.70. The Labute approximate surface area is 120 Å². The maximum absolute atomic E-state index is 12.6. The zero-order chi connectivity index (χ0) is 14.5. The van der Waals surface area contributed by atoms with Crippen LogP contribution < -0.4 is 5.32 Å². The van der Waals surface area contributed by atoms with E-state index in [1.165, 1.54) is 0 Å². The molecule has 4 nitrogen and oxygen atoms in total. The molecule has 2 rings (SSSR count). The van der Waals surface area contributed by atoms with Crippen molar-refractivity contribution in [2.24, 2.45) is 0 Å². The van der Waals surface area contributed by atoms with Gasteiger partial charge in [-0.05, 0) is 18.9 Å². The number of rotatable bonds is 4. The maximum atomic E-state index is 12.6. The van der Waals surface area contributed by atoms with E-state index in [0.717, 1.165) is 12.0 Å². The second-order valence-corrected chi connectivity index (χ2v) is 5.39. The molecule has 1 fully saturated rings. The first-order valence-corrected chi connectivity index (χ1v) is 7.25. The highest BCUT2D eigenvalue weighted by Gasteiger charge is 2.33. The maximum Gasteiger partial charge on any atom is 0.245 e. The predicted molar refractivity (Wildman–Crippen MR) is 78.2 cm³/mol. The Morgan fingerprint density at radius 1 is 1.25 bits per heavy atom. The summed E-state index contributed by atoms with van der Waals surface area (Å²) in [4.78, 5) is 26.3. The summed E-state index contributed by atoms with van der Waals surface area (Å²) in [5.41, 5.74) is 1.07. The lowest BCUT2D eigenvalue weighted by atomic mass is 10.0. The van der Waals surface area contributed by atoms with Crippen molar-refractivity contribution in [3.8, 4) is 0 Å². The van der Waals surface area contributed by atoms with Crippen LogP contribution in [0, 0.1) is 0 Å². The SMILES string of the molecule is CCCN1C(=O)C(Cc2ccccc2)NC(=O)CC1C. The third kappa shape index (κ3) is 3.38. The van der Waals surface area contributed by atoms with Gasteiger partial charge in [0.2, 0.25) is 11.8 Å². The van der Waals surface area contributed by atoms with E-state index in [9.17, 15) is 9.59 Å². The predicted octanol–water partition coefficient (Wildman–Crippen LogP) is 1.74. The van der Waals surface area contributed by atoms with E-state index in [-0.39, 0.29) is 17.9 Å². The lowest BCUT2D eigenvalue weighted by Crippen LogP contribution is -2.47. The molecule has 108 valence electrons. The van der Waals surface area contributed by atoms with Crippen LogP contribution in [0.25, 0.3) is 0 Å². The Kier molecular flexibility index (Phi) is 4.77. The van der Waals surface area contributed by atoms with Gasteiger partial charge in [-0.1, -0.05) is 37.3 Å². The summed E-state index contributed by atoms with van der Waals surface area (Å²) in [5.74, 6) is -0.000521. The van der Waals surface area contributed by atoms with Gasteiger partial charge in [-0.2, -0.15) is 0 Å². The van der Waals surface area contributed by atoms with E-state index in [4.69, 9.17) is 0 Å². The minimum atomic E-state index is -0.443. The first kappa shape index (κ1) is 14.6. The van der Waals surface area contributed by atoms with Crippen LogP contribution in [-0.4, -0.2) is 35.3 Å². The smallest absolute Gasteiger partial charge is 0.245 e. The zero-order valence-electron chi connectivity index (χ0n) is 12.1. The fourth-order valence-electron chi connectivity index (χ4n) is 2.67. The average molecular weight is 274 g/mol. The molecule has 0 spiro atoms. The number of nitrogens with zero attached hydrogens (tertiary/aromatic N) is 1. The number of amides is 2. The number of carbonyl (C=O) groups is 2. The van der Waals surface area contributed by atoms with Crippen LogP contribution in [0.3, 0.4) is 0 Å². The monoisotopic (exact) mass is 274 g/mol. The Bertz CT molecular complexity index is 473. The number of hydrogen-bond donors (Lipinski definition) is 1. The Balaban J connectivity index is 2.17. The van der Waals surface area contributed by atoms with Crippen LogP contribution in [0.2, 0.25) is 0 Å². The van der Waals surface area contributed by atoms with Gasteiger partial charge in [0, 0.05) is 25.4 Å². The fraction of sp³-hybridized carbons (Fsp3) is 0.500. The first-order chi connectivity index (χ1) is 9.61. The zero-order valence-corrected chi connectivity index (χ0v) is 12.1. The number of hydrogen-bond acceptors (Lipinski definition) is 2. The number of benzene rings is 1.